The molecule has 1 aromatic heterocycles. The van der Waals surface area contributed by atoms with E-state index < -0.39 is 27.2 Å². The minimum absolute atomic E-state index is 0.103. The Labute approximate surface area is 176 Å². The van der Waals surface area contributed by atoms with E-state index in [0.29, 0.717) is 16.6 Å². The number of aryl methyl sites for hydroxylation is 2. The summed E-state index contributed by atoms with van der Waals surface area (Å²) in [5, 5.41) is 18.3. The van der Waals surface area contributed by atoms with Gasteiger partial charge >= 0.3 is 5.91 Å². The summed E-state index contributed by atoms with van der Waals surface area (Å²) < 4.78 is 23.5. The number of anilines is 1. The lowest BCUT2D eigenvalue weighted by molar-refractivity contribution is -0.111. The van der Waals surface area contributed by atoms with Gasteiger partial charge in [0.1, 0.15) is 11.9 Å². The van der Waals surface area contributed by atoms with Gasteiger partial charge in [-0.25, -0.2) is 23.2 Å². The maximum absolute atomic E-state index is 12.8. The van der Waals surface area contributed by atoms with E-state index in [9.17, 15) is 23.3 Å². The molecule has 1 amide bonds. The molecule has 0 saturated heterocycles. The van der Waals surface area contributed by atoms with Crippen molar-refractivity contribution in [3.63, 3.8) is 0 Å². The van der Waals surface area contributed by atoms with E-state index in [1.807, 2.05) is 13.0 Å². The molecular formula is C19H17N7O4S. The number of carbonyl (C=O) groups is 1. The number of nitrogens with two attached hydrogens (primary N) is 1. The molecule has 2 aromatic carbocycles. The van der Waals surface area contributed by atoms with Crippen LogP contribution < -0.4 is 21.5 Å². The van der Waals surface area contributed by atoms with Crippen LogP contribution in [0.3, 0.4) is 0 Å². The predicted molar refractivity (Wildman–Crippen MR) is 114 cm³/mol. The summed E-state index contributed by atoms with van der Waals surface area (Å²) in [4.78, 5) is 29.4. The fourth-order valence-electron chi connectivity index (χ4n) is 2.66. The summed E-state index contributed by atoms with van der Waals surface area (Å²) in [5.74, 6) is -0.714. The summed E-state index contributed by atoms with van der Waals surface area (Å²) >= 11 is 0. The maximum Gasteiger partial charge on any atom is 0.301 e. The average Bonchev–Trinajstić information content (AvgIpc) is 2.72. The lowest BCUT2D eigenvalue weighted by atomic mass is 10.2. The number of primary sulfonamides is 1. The smallest absolute Gasteiger partial charge is 0.277 e. The minimum atomic E-state index is -3.85. The molecule has 0 aliphatic carbocycles. The maximum atomic E-state index is 12.8. The Bertz CT molecular complexity index is 1420. The Morgan fingerprint density at radius 1 is 1.19 bits per heavy atom. The standard InChI is InChI=1S/C19H17N7O4S/c1-11-3-8-16-15(9-11)19(28)26(12(2)22-16)25-18(27)17(10-20)24-23-13-4-6-14(7-5-13)31(21,29)30/h3-9,23H,1-2H3,(H,25,27)(H2,21,29,30)/b24-17+. The van der Waals surface area contributed by atoms with Crippen molar-refractivity contribution in [2.24, 2.45) is 10.2 Å². The molecule has 31 heavy (non-hydrogen) atoms. The van der Waals surface area contributed by atoms with Gasteiger partial charge in [-0.1, -0.05) is 11.6 Å². The fourth-order valence-corrected chi connectivity index (χ4v) is 3.18. The van der Waals surface area contributed by atoms with E-state index in [0.717, 1.165) is 10.2 Å². The summed E-state index contributed by atoms with van der Waals surface area (Å²) in [7, 11) is -3.85. The Kier molecular flexibility index (Phi) is 5.82. The van der Waals surface area contributed by atoms with Crippen molar-refractivity contribution < 1.29 is 13.2 Å². The van der Waals surface area contributed by atoms with Crippen LogP contribution >= 0.6 is 0 Å². The molecule has 12 heteroatoms. The average molecular weight is 439 g/mol. The van der Waals surface area contributed by atoms with Crippen molar-refractivity contribution >= 4 is 38.2 Å². The molecule has 158 valence electrons. The predicted octanol–water partition coefficient (Wildman–Crippen LogP) is 0.723. The van der Waals surface area contributed by atoms with Crippen LogP contribution in [0.5, 0.6) is 0 Å². The number of nitriles is 1. The van der Waals surface area contributed by atoms with E-state index in [-0.39, 0.29) is 10.7 Å². The monoisotopic (exact) mass is 439 g/mol. The number of fused-ring (bicyclic) bond motifs is 1. The van der Waals surface area contributed by atoms with Gasteiger partial charge in [0.15, 0.2) is 0 Å². The number of nitrogens with one attached hydrogen (secondary N) is 2. The van der Waals surface area contributed by atoms with Crippen LogP contribution in [0.2, 0.25) is 0 Å². The Hall–Kier alpha value is -4.08. The second-order valence-electron chi connectivity index (χ2n) is 6.51. The second kappa shape index (κ2) is 8.34. The molecule has 0 aliphatic rings. The molecule has 3 aromatic rings. The first kappa shape index (κ1) is 21.6. The highest BCUT2D eigenvalue weighted by Crippen LogP contribution is 2.13. The van der Waals surface area contributed by atoms with Gasteiger partial charge in [0.05, 0.1) is 21.5 Å². The SMILES string of the molecule is Cc1ccc2nc(C)n(NC(=O)/C(C#N)=N/Nc3ccc(S(N)(=O)=O)cc3)c(=O)c2c1. The molecular weight excluding hydrogens is 422 g/mol. The lowest BCUT2D eigenvalue weighted by Gasteiger charge is -2.11. The zero-order valence-corrected chi connectivity index (χ0v) is 17.3. The topological polar surface area (TPSA) is 172 Å². The quantitative estimate of drug-likeness (QED) is 0.388. The molecule has 0 atom stereocenters. The van der Waals surface area contributed by atoms with E-state index in [4.69, 9.17) is 5.14 Å². The first-order valence-corrected chi connectivity index (χ1v) is 10.3. The van der Waals surface area contributed by atoms with Gasteiger partial charge in [-0.2, -0.15) is 10.4 Å². The van der Waals surface area contributed by atoms with Crippen LogP contribution in [0.4, 0.5) is 5.69 Å². The number of hydrazone groups is 1. The van der Waals surface area contributed by atoms with Crippen molar-refractivity contribution in [3.05, 3.63) is 64.2 Å². The number of hydrogen-bond acceptors (Lipinski definition) is 8. The molecule has 1 heterocycles. The second-order valence-corrected chi connectivity index (χ2v) is 8.08. The van der Waals surface area contributed by atoms with Gasteiger partial charge in [-0.3, -0.25) is 20.4 Å². The fraction of sp³-hybridized carbons (Fsp3) is 0.105. The molecule has 0 unspecified atom stereocenters. The van der Waals surface area contributed by atoms with Gasteiger partial charge in [0, 0.05) is 0 Å². The Morgan fingerprint density at radius 3 is 2.48 bits per heavy atom. The van der Waals surface area contributed by atoms with Crippen LogP contribution in [0.15, 0.2) is 57.3 Å². The number of hydrogen-bond donors (Lipinski definition) is 3. The van der Waals surface area contributed by atoms with Crippen LogP contribution in [0, 0.1) is 25.2 Å². The van der Waals surface area contributed by atoms with Crippen LogP contribution in [0.25, 0.3) is 10.9 Å². The normalized spacial score (nSPS) is 11.7. The third kappa shape index (κ3) is 4.74. The highest BCUT2D eigenvalue weighted by molar-refractivity contribution is 7.89. The Morgan fingerprint density at radius 2 is 1.87 bits per heavy atom. The summed E-state index contributed by atoms with van der Waals surface area (Å²) in [6.45, 7) is 3.36. The van der Waals surface area contributed by atoms with Crippen LogP contribution in [0.1, 0.15) is 11.4 Å². The van der Waals surface area contributed by atoms with Gasteiger partial charge in [-0.05, 0) is 50.2 Å². The number of rotatable bonds is 5. The van der Waals surface area contributed by atoms with Crippen molar-refractivity contribution in [3.8, 4) is 6.07 Å². The first-order valence-electron chi connectivity index (χ1n) is 8.78. The summed E-state index contributed by atoms with van der Waals surface area (Å²) in [5.41, 5.74) is 5.38. The molecule has 11 nitrogen and oxygen atoms in total. The van der Waals surface area contributed by atoms with Gasteiger partial charge < -0.3 is 0 Å². The largest absolute Gasteiger partial charge is 0.301 e. The number of nitrogens with zero attached hydrogens (tertiary/aromatic N) is 4. The Balaban J connectivity index is 1.85. The number of carbonyl (C=O) groups excluding carboxylic acids is 1. The summed E-state index contributed by atoms with van der Waals surface area (Å²) in [6, 6.07) is 12.0. The van der Waals surface area contributed by atoms with E-state index in [2.05, 4.69) is 20.9 Å². The molecule has 0 spiro atoms. The zero-order chi connectivity index (χ0) is 22.8. The molecule has 0 bridgehead atoms. The summed E-state index contributed by atoms with van der Waals surface area (Å²) in [6.07, 6.45) is 0. The van der Waals surface area contributed by atoms with Gasteiger partial charge in [0.25, 0.3) is 5.56 Å². The number of benzene rings is 2. The molecule has 0 aliphatic heterocycles. The molecule has 0 radical (unpaired) electrons. The highest BCUT2D eigenvalue weighted by atomic mass is 32.2. The van der Waals surface area contributed by atoms with Crippen molar-refractivity contribution in [2.75, 3.05) is 10.9 Å². The minimum Gasteiger partial charge on any atom is -0.277 e. The number of amides is 1. The highest BCUT2D eigenvalue weighted by Gasteiger charge is 2.16. The van der Waals surface area contributed by atoms with Crippen LogP contribution in [-0.2, 0) is 14.8 Å². The van der Waals surface area contributed by atoms with Gasteiger partial charge in [0.2, 0.25) is 15.7 Å². The van der Waals surface area contributed by atoms with E-state index >= 15 is 0 Å². The molecule has 0 saturated carbocycles. The molecule has 3 rings (SSSR count). The zero-order valence-electron chi connectivity index (χ0n) is 16.4. The lowest BCUT2D eigenvalue weighted by Crippen LogP contribution is -2.38. The third-order valence-electron chi connectivity index (χ3n) is 4.21. The third-order valence-corrected chi connectivity index (χ3v) is 5.13. The van der Waals surface area contributed by atoms with E-state index in [1.165, 1.54) is 31.2 Å². The van der Waals surface area contributed by atoms with E-state index in [1.54, 1.807) is 18.2 Å². The van der Waals surface area contributed by atoms with Crippen molar-refractivity contribution in [2.45, 2.75) is 18.7 Å². The van der Waals surface area contributed by atoms with Crippen LogP contribution in [-0.4, -0.2) is 29.7 Å². The number of aromatic nitrogens is 2. The van der Waals surface area contributed by atoms with Crippen molar-refractivity contribution in [1.29, 1.82) is 5.26 Å². The van der Waals surface area contributed by atoms with Crippen molar-refractivity contribution in [1.82, 2.24) is 9.66 Å². The van der Waals surface area contributed by atoms with Gasteiger partial charge in [-0.15, -0.1) is 0 Å². The number of sulfonamides is 1. The molecule has 0 fully saturated rings. The first-order chi connectivity index (χ1) is 14.6. The molecule has 4 N–H and O–H groups in total.